The SMILES string of the molecule is ClC(Cl)(Cl)CC1CO1. The molecule has 0 spiro atoms. The summed E-state index contributed by atoms with van der Waals surface area (Å²) in [7, 11) is 0. The monoisotopic (exact) mass is 174 g/mol. The number of rotatable bonds is 1. The van der Waals surface area contributed by atoms with Gasteiger partial charge >= 0.3 is 0 Å². The lowest BCUT2D eigenvalue weighted by atomic mass is 10.4. The van der Waals surface area contributed by atoms with Crippen molar-refractivity contribution in [3.63, 3.8) is 0 Å². The van der Waals surface area contributed by atoms with E-state index in [1.807, 2.05) is 0 Å². The van der Waals surface area contributed by atoms with Crippen LogP contribution in [0.4, 0.5) is 0 Å². The standard InChI is InChI=1S/C4H5Cl3O/c5-4(6,7)1-3-2-8-3/h3H,1-2H2. The van der Waals surface area contributed by atoms with Gasteiger partial charge in [0.2, 0.25) is 0 Å². The second-order valence-electron chi connectivity index (χ2n) is 1.77. The summed E-state index contributed by atoms with van der Waals surface area (Å²) >= 11 is 16.3. The van der Waals surface area contributed by atoms with E-state index in [2.05, 4.69) is 0 Å². The maximum atomic E-state index is 5.42. The lowest BCUT2D eigenvalue weighted by Crippen LogP contribution is -2.05. The van der Waals surface area contributed by atoms with Gasteiger partial charge < -0.3 is 4.74 Å². The predicted octanol–water partition coefficient (Wildman–Crippen LogP) is 2.15. The molecule has 4 heteroatoms. The summed E-state index contributed by atoms with van der Waals surface area (Å²) in [5, 5.41) is 0. The Hall–Kier alpha value is 0.830. The van der Waals surface area contributed by atoms with E-state index in [0.29, 0.717) is 6.42 Å². The van der Waals surface area contributed by atoms with Crippen molar-refractivity contribution >= 4 is 34.8 Å². The topological polar surface area (TPSA) is 12.5 Å². The van der Waals surface area contributed by atoms with Crippen LogP contribution in [-0.4, -0.2) is 16.5 Å². The number of epoxide rings is 1. The van der Waals surface area contributed by atoms with Gasteiger partial charge in [-0.05, 0) is 0 Å². The third-order valence-corrected chi connectivity index (χ3v) is 1.32. The van der Waals surface area contributed by atoms with E-state index in [4.69, 9.17) is 39.5 Å². The number of halogens is 3. The van der Waals surface area contributed by atoms with Crippen molar-refractivity contribution in [1.82, 2.24) is 0 Å². The summed E-state index contributed by atoms with van der Waals surface area (Å²) in [4.78, 5) is 0. The molecule has 0 aromatic heterocycles. The summed E-state index contributed by atoms with van der Waals surface area (Å²) in [6.45, 7) is 0.744. The van der Waals surface area contributed by atoms with Crippen molar-refractivity contribution < 1.29 is 4.74 Å². The first-order chi connectivity index (χ1) is 3.58. The van der Waals surface area contributed by atoms with Crippen molar-refractivity contribution in [2.45, 2.75) is 16.3 Å². The van der Waals surface area contributed by atoms with Gasteiger partial charge in [-0.1, -0.05) is 34.8 Å². The van der Waals surface area contributed by atoms with Gasteiger partial charge in [-0.15, -0.1) is 0 Å². The van der Waals surface area contributed by atoms with Gasteiger partial charge in [-0.2, -0.15) is 0 Å². The fourth-order valence-electron chi connectivity index (χ4n) is 0.444. The first kappa shape index (κ1) is 6.94. The Bertz CT molecular complexity index is 83.8. The largest absolute Gasteiger partial charge is 0.373 e. The molecule has 0 N–H and O–H groups in total. The molecule has 48 valence electrons. The van der Waals surface area contributed by atoms with Crippen molar-refractivity contribution in [3.05, 3.63) is 0 Å². The van der Waals surface area contributed by atoms with E-state index in [1.165, 1.54) is 0 Å². The maximum Gasteiger partial charge on any atom is 0.193 e. The van der Waals surface area contributed by atoms with Crippen LogP contribution in [0.15, 0.2) is 0 Å². The van der Waals surface area contributed by atoms with Crippen LogP contribution in [0.2, 0.25) is 0 Å². The highest BCUT2D eigenvalue weighted by Gasteiger charge is 2.32. The van der Waals surface area contributed by atoms with Crippen LogP contribution < -0.4 is 0 Å². The number of hydrogen-bond acceptors (Lipinski definition) is 1. The highest BCUT2D eigenvalue weighted by atomic mass is 35.6. The molecule has 0 aliphatic carbocycles. The fraction of sp³-hybridized carbons (Fsp3) is 1.00. The number of alkyl halides is 3. The average Bonchev–Trinajstić information content (AvgIpc) is 2.12. The summed E-state index contributed by atoms with van der Waals surface area (Å²) in [5.41, 5.74) is 0. The van der Waals surface area contributed by atoms with Gasteiger partial charge in [-0.3, -0.25) is 0 Å². The van der Waals surface area contributed by atoms with Crippen LogP contribution in [0.5, 0.6) is 0 Å². The third kappa shape index (κ3) is 2.98. The smallest absolute Gasteiger partial charge is 0.193 e. The summed E-state index contributed by atoms with van der Waals surface area (Å²) < 4.78 is 3.71. The quantitative estimate of drug-likeness (QED) is 0.439. The van der Waals surface area contributed by atoms with E-state index >= 15 is 0 Å². The van der Waals surface area contributed by atoms with E-state index in [-0.39, 0.29) is 6.10 Å². The van der Waals surface area contributed by atoms with Crippen LogP contribution in [0.1, 0.15) is 6.42 Å². The minimum absolute atomic E-state index is 0.197. The normalized spacial score (nSPS) is 28.1. The van der Waals surface area contributed by atoms with Gasteiger partial charge in [0.05, 0.1) is 12.7 Å². The first-order valence-corrected chi connectivity index (χ1v) is 3.40. The van der Waals surface area contributed by atoms with Gasteiger partial charge in [0, 0.05) is 6.42 Å². The molecule has 1 aliphatic heterocycles. The Balaban J connectivity index is 2.16. The van der Waals surface area contributed by atoms with Gasteiger partial charge in [0.25, 0.3) is 0 Å². The van der Waals surface area contributed by atoms with Crippen LogP contribution in [-0.2, 0) is 4.74 Å². The number of ether oxygens (including phenoxy) is 1. The molecule has 1 unspecified atom stereocenters. The minimum Gasteiger partial charge on any atom is -0.373 e. The molecule has 0 saturated carbocycles. The van der Waals surface area contributed by atoms with Crippen molar-refractivity contribution in [1.29, 1.82) is 0 Å². The highest BCUT2D eigenvalue weighted by Crippen LogP contribution is 2.35. The second kappa shape index (κ2) is 2.22. The van der Waals surface area contributed by atoms with Crippen LogP contribution >= 0.6 is 34.8 Å². The summed E-state index contributed by atoms with van der Waals surface area (Å²) in [6, 6.07) is 0. The fourth-order valence-corrected chi connectivity index (χ4v) is 0.960. The molecule has 1 rings (SSSR count). The summed E-state index contributed by atoms with van der Waals surface area (Å²) in [6.07, 6.45) is 0.708. The Morgan fingerprint density at radius 2 is 2.00 bits per heavy atom. The Labute approximate surface area is 62.9 Å². The lowest BCUT2D eigenvalue weighted by Gasteiger charge is -2.05. The molecule has 1 fully saturated rings. The molecule has 1 nitrogen and oxygen atoms in total. The molecule has 1 heterocycles. The zero-order chi connectivity index (χ0) is 6.20. The maximum absolute atomic E-state index is 5.42. The Morgan fingerprint density at radius 1 is 1.50 bits per heavy atom. The van der Waals surface area contributed by atoms with Crippen LogP contribution in [0, 0.1) is 0 Å². The highest BCUT2D eigenvalue weighted by molar-refractivity contribution is 6.67. The molecule has 8 heavy (non-hydrogen) atoms. The third-order valence-electron chi connectivity index (χ3n) is 0.861. The molecule has 0 aromatic rings. The van der Waals surface area contributed by atoms with Gasteiger partial charge in [-0.25, -0.2) is 0 Å². The molecular weight excluding hydrogens is 170 g/mol. The zero-order valence-electron chi connectivity index (χ0n) is 4.03. The molecule has 1 aliphatic rings. The van der Waals surface area contributed by atoms with Crippen molar-refractivity contribution in [3.8, 4) is 0 Å². The van der Waals surface area contributed by atoms with Crippen LogP contribution in [0.25, 0.3) is 0 Å². The zero-order valence-corrected chi connectivity index (χ0v) is 6.30. The lowest BCUT2D eigenvalue weighted by molar-refractivity contribution is 0.398. The van der Waals surface area contributed by atoms with E-state index in [0.717, 1.165) is 6.61 Å². The van der Waals surface area contributed by atoms with Crippen LogP contribution in [0.3, 0.4) is 0 Å². The van der Waals surface area contributed by atoms with Crippen molar-refractivity contribution in [2.24, 2.45) is 0 Å². The van der Waals surface area contributed by atoms with Crippen molar-refractivity contribution in [2.75, 3.05) is 6.61 Å². The first-order valence-electron chi connectivity index (χ1n) is 2.26. The summed E-state index contributed by atoms with van der Waals surface area (Å²) in [5.74, 6) is 0. The van der Waals surface area contributed by atoms with E-state index < -0.39 is 3.79 Å². The van der Waals surface area contributed by atoms with Gasteiger partial charge in [0.1, 0.15) is 0 Å². The Morgan fingerprint density at radius 3 is 2.12 bits per heavy atom. The minimum atomic E-state index is -1.12. The molecule has 0 aromatic carbocycles. The predicted molar refractivity (Wildman–Crippen MR) is 34.6 cm³/mol. The Kier molecular flexibility index (Phi) is 1.93. The molecule has 0 amide bonds. The van der Waals surface area contributed by atoms with E-state index in [9.17, 15) is 0 Å². The molecule has 0 bridgehead atoms. The molecular formula is C4H5Cl3O. The molecule has 1 saturated heterocycles. The molecule has 1 atom stereocenters. The second-order valence-corrected chi connectivity index (χ2v) is 4.29. The van der Waals surface area contributed by atoms with Gasteiger partial charge in [0.15, 0.2) is 3.79 Å². The average molecular weight is 175 g/mol. The number of hydrogen-bond donors (Lipinski definition) is 0. The van der Waals surface area contributed by atoms with E-state index in [1.54, 1.807) is 0 Å². The molecule has 0 radical (unpaired) electrons.